The topological polar surface area (TPSA) is 21.3 Å². The number of anilines is 1. The van der Waals surface area contributed by atoms with Gasteiger partial charge < -0.3 is 10.1 Å². The smallest absolute Gasteiger partial charge is 0.0756 e. The molecular weight excluding hydrogens is 258 g/mol. The number of hydrogen-bond acceptors (Lipinski definition) is 2. The van der Waals surface area contributed by atoms with E-state index in [0.29, 0.717) is 6.10 Å². The molecule has 1 saturated heterocycles. The van der Waals surface area contributed by atoms with Crippen LogP contribution in [0.25, 0.3) is 0 Å². The Morgan fingerprint density at radius 2 is 1.84 bits per heavy atom. The van der Waals surface area contributed by atoms with Gasteiger partial charge in [0.25, 0.3) is 0 Å². The summed E-state index contributed by atoms with van der Waals surface area (Å²) in [4.78, 5) is 0. The van der Waals surface area contributed by atoms with Crippen LogP contribution in [0.4, 0.5) is 5.69 Å². The van der Waals surface area contributed by atoms with Crippen LogP contribution in [-0.4, -0.2) is 18.2 Å². The maximum absolute atomic E-state index is 6.35. The summed E-state index contributed by atoms with van der Waals surface area (Å²) >= 11 is 5.88. The van der Waals surface area contributed by atoms with Gasteiger partial charge in [-0.15, -0.1) is 0 Å². The molecule has 3 rings (SSSR count). The first-order chi connectivity index (χ1) is 9.26. The zero-order valence-corrected chi connectivity index (χ0v) is 12.1. The molecule has 1 heterocycles. The first-order valence-corrected chi connectivity index (χ1v) is 7.81. The van der Waals surface area contributed by atoms with E-state index >= 15 is 0 Å². The molecule has 1 N–H and O–H groups in total. The van der Waals surface area contributed by atoms with E-state index in [2.05, 4.69) is 5.32 Å². The lowest BCUT2D eigenvalue weighted by Gasteiger charge is -2.33. The molecule has 1 saturated carbocycles. The van der Waals surface area contributed by atoms with Crippen LogP contribution in [0.3, 0.4) is 0 Å². The van der Waals surface area contributed by atoms with Crippen molar-refractivity contribution in [3.05, 3.63) is 29.3 Å². The van der Waals surface area contributed by atoms with Gasteiger partial charge in [0, 0.05) is 17.3 Å². The first kappa shape index (κ1) is 13.3. The summed E-state index contributed by atoms with van der Waals surface area (Å²) in [6.45, 7) is 0.906. The predicted molar refractivity (Wildman–Crippen MR) is 79.9 cm³/mol. The molecule has 2 fully saturated rings. The summed E-state index contributed by atoms with van der Waals surface area (Å²) in [6.07, 6.45) is 9.43. The Hall–Kier alpha value is -0.730. The Bertz CT molecular complexity index is 411. The minimum atomic E-state index is 0.227. The van der Waals surface area contributed by atoms with Crippen LogP contribution in [0.2, 0.25) is 5.02 Å². The van der Waals surface area contributed by atoms with Gasteiger partial charge in [0.2, 0.25) is 0 Å². The van der Waals surface area contributed by atoms with Crippen molar-refractivity contribution in [1.29, 1.82) is 0 Å². The average Bonchev–Trinajstić information content (AvgIpc) is 2.82. The highest BCUT2D eigenvalue weighted by atomic mass is 35.5. The highest BCUT2D eigenvalue weighted by molar-refractivity contribution is 6.30. The highest BCUT2D eigenvalue weighted by Crippen LogP contribution is 2.41. The SMILES string of the molecule is Clc1ccc(NCC2CCC3(CCCCC3)O2)cc1. The Morgan fingerprint density at radius 1 is 1.11 bits per heavy atom. The van der Waals surface area contributed by atoms with Crippen molar-refractivity contribution in [2.24, 2.45) is 0 Å². The van der Waals surface area contributed by atoms with Crippen molar-refractivity contribution in [3.8, 4) is 0 Å². The summed E-state index contributed by atoms with van der Waals surface area (Å²) < 4.78 is 6.35. The monoisotopic (exact) mass is 279 g/mol. The van der Waals surface area contributed by atoms with Gasteiger partial charge in [-0.3, -0.25) is 0 Å². The number of hydrogen-bond donors (Lipinski definition) is 1. The Morgan fingerprint density at radius 3 is 2.58 bits per heavy atom. The zero-order valence-electron chi connectivity index (χ0n) is 11.3. The molecule has 1 atom stereocenters. The van der Waals surface area contributed by atoms with Crippen molar-refractivity contribution in [1.82, 2.24) is 0 Å². The van der Waals surface area contributed by atoms with Crippen molar-refractivity contribution < 1.29 is 4.74 Å². The largest absolute Gasteiger partial charge is 0.382 e. The Labute approximate surface area is 120 Å². The van der Waals surface area contributed by atoms with Crippen LogP contribution in [0.5, 0.6) is 0 Å². The molecule has 1 spiro atoms. The molecule has 104 valence electrons. The van der Waals surface area contributed by atoms with Crippen LogP contribution in [-0.2, 0) is 4.74 Å². The predicted octanol–water partition coefficient (Wildman–Crippen LogP) is 4.63. The van der Waals surface area contributed by atoms with Crippen LogP contribution in [0.1, 0.15) is 44.9 Å². The number of nitrogens with one attached hydrogen (secondary N) is 1. The number of rotatable bonds is 3. The lowest BCUT2D eigenvalue weighted by atomic mass is 9.83. The summed E-state index contributed by atoms with van der Waals surface area (Å²) in [5.74, 6) is 0. The van der Waals surface area contributed by atoms with E-state index in [0.717, 1.165) is 17.3 Å². The van der Waals surface area contributed by atoms with E-state index in [-0.39, 0.29) is 5.60 Å². The molecule has 2 aliphatic rings. The van der Waals surface area contributed by atoms with Crippen molar-refractivity contribution in [2.75, 3.05) is 11.9 Å². The van der Waals surface area contributed by atoms with Gasteiger partial charge in [0.1, 0.15) is 0 Å². The fraction of sp³-hybridized carbons (Fsp3) is 0.625. The first-order valence-electron chi connectivity index (χ1n) is 7.43. The zero-order chi connectivity index (χ0) is 13.1. The van der Waals surface area contributed by atoms with E-state index in [1.807, 2.05) is 24.3 Å². The molecule has 19 heavy (non-hydrogen) atoms. The van der Waals surface area contributed by atoms with Gasteiger partial charge in [-0.25, -0.2) is 0 Å². The maximum atomic E-state index is 6.35. The second-order valence-corrected chi connectivity index (χ2v) is 6.35. The number of ether oxygens (including phenoxy) is 1. The Kier molecular flexibility index (Phi) is 3.99. The quantitative estimate of drug-likeness (QED) is 0.871. The van der Waals surface area contributed by atoms with Gasteiger partial charge in [-0.1, -0.05) is 30.9 Å². The second-order valence-electron chi connectivity index (χ2n) is 5.91. The third-order valence-corrected chi connectivity index (χ3v) is 4.73. The van der Waals surface area contributed by atoms with E-state index in [4.69, 9.17) is 16.3 Å². The third-order valence-electron chi connectivity index (χ3n) is 4.48. The third kappa shape index (κ3) is 3.24. The highest BCUT2D eigenvalue weighted by Gasteiger charge is 2.40. The average molecular weight is 280 g/mol. The molecule has 1 aliphatic carbocycles. The summed E-state index contributed by atoms with van der Waals surface area (Å²) in [7, 11) is 0. The minimum Gasteiger partial charge on any atom is -0.382 e. The lowest BCUT2D eigenvalue weighted by Crippen LogP contribution is -2.33. The molecule has 0 bridgehead atoms. The van der Waals surface area contributed by atoms with E-state index < -0.39 is 0 Å². The number of benzene rings is 1. The van der Waals surface area contributed by atoms with Gasteiger partial charge in [-0.05, 0) is 49.9 Å². The lowest BCUT2D eigenvalue weighted by molar-refractivity contribution is -0.0588. The fourth-order valence-electron chi connectivity index (χ4n) is 3.40. The molecule has 1 aromatic carbocycles. The van der Waals surface area contributed by atoms with Gasteiger partial charge in [-0.2, -0.15) is 0 Å². The minimum absolute atomic E-state index is 0.227. The van der Waals surface area contributed by atoms with Crippen LogP contribution in [0, 0.1) is 0 Å². The standard InChI is InChI=1S/C16H22ClNO/c17-13-4-6-14(7-5-13)18-12-15-8-11-16(19-15)9-2-1-3-10-16/h4-7,15,18H,1-3,8-12H2. The molecule has 2 nitrogen and oxygen atoms in total. The molecular formula is C16H22ClNO. The van der Waals surface area contributed by atoms with Crippen molar-refractivity contribution in [2.45, 2.75) is 56.7 Å². The summed E-state index contributed by atoms with van der Waals surface area (Å²) in [5.41, 5.74) is 1.35. The van der Waals surface area contributed by atoms with Crippen LogP contribution in [0.15, 0.2) is 24.3 Å². The molecule has 0 aromatic heterocycles. The van der Waals surface area contributed by atoms with Gasteiger partial charge in [0.05, 0.1) is 11.7 Å². The van der Waals surface area contributed by atoms with Crippen molar-refractivity contribution in [3.63, 3.8) is 0 Å². The normalized spacial score (nSPS) is 25.6. The van der Waals surface area contributed by atoms with Crippen molar-refractivity contribution >= 4 is 17.3 Å². The maximum Gasteiger partial charge on any atom is 0.0756 e. The molecule has 0 radical (unpaired) electrons. The van der Waals surface area contributed by atoms with Crippen LogP contribution >= 0.6 is 11.6 Å². The van der Waals surface area contributed by atoms with E-state index in [1.54, 1.807) is 0 Å². The summed E-state index contributed by atoms with van der Waals surface area (Å²) in [5, 5.41) is 4.23. The van der Waals surface area contributed by atoms with E-state index in [9.17, 15) is 0 Å². The Balaban J connectivity index is 1.50. The molecule has 0 amide bonds. The van der Waals surface area contributed by atoms with Crippen LogP contribution < -0.4 is 5.32 Å². The number of halogens is 1. The van der Waals surface area contributed by atoms with Gasteiger partial charge >= 0.3 is 0 Å². The fourth-order valence-corrected chi connectivity index (χ4v) is 3.53. The second kappa shape index (κ2) is 5.72. The van der Waals surface area contributed by atoms with Gasteiger partial charge in [0.15, 0.2) is 0 Å². The molecule has 1 aromatic rings. The molecule has 1 unspecified atom stereocenters. The molecule has 1 aliphatic heterocycles. The van der Waals surface area contributed by atoms with E-state index in [1.165, 1.54) is 44.9 Å². The molecule has 3 heteroatoms. The summed E-state index contributed by atoms with van der Waals surface area (Å²) in [6, 6.07) is 7.88.